The van der Waals surface area contributed by atoms with Gasteiger partial charge in [-0.15, -0.1) is 0 Å². The van der Waals surface area contributed by atoms with Crippen molar-refractivity contribution in [2.24, 2.45) is 5.73 Å². The van der Waals surface area contributed by atoms with Gasteiger partial charge in [0.25, 0.3) is 0 Å². The number of carboxylic acid groups (broad SMARTS) is 1. The van der Waals surface area contributed by atoms with E-state index in [0.29, 0.717) is 24.7 Å². The molecule has 0 atom stereocenters. The molecule has 0 spiro atoms. The smallest absolute Gasteiger partial charge is 0.335 e. The summed E-state index contributed by atoms with van der Waals surface area (Å²) in [6, 6.07) is 4.42. The van der Waals surface area contributed by atoms with Crippen LogP contribution in [0.5, 0.6) is 11.5 Å². The molecule has 5 heteroatoms. The van der Waals surface area contributed by atoms with Gasteiger partial charge in [0, 0.05) is 6.54 Å². The van der Waals surface area contributed by atoms with Crippen molar-refractivity contribution in [2.75, 3.05) is 20.3 Å². The minimum Gasteiger partial charge on any atom is -0.493 e. The molecule has 0 bridgehead atoms. The summed E-state index contributed by atoms with van der Waals surface area (Å²) < 4.78 is 10.3. The summed E-state index contributed by atoms with van der Waals surface area (Å²) in [4.78, 5) is 10.7. The van der Waals surface area contributed by atoms with E-state index in [1.54, 1.807) is 6.07 Å². The second-order valence-electron chi connectivity index (χ2n) is 2.81. The van der Waals surface area contributed by atoms with Gasteiger partial charge in [0.15, 0.2) is 11.5 Å². The number of carbonyl (C=O) groups is 1. The average Bonchev–Trinajstić information content (AvgIpc) is 2.25. The Bertz CT molecular complexity index is 351. The molecule has 0 aliphatic rings. The van der Waals surface area contributed by atoms with Crippen molar-refractivity contribution < 1.29 is 19.4 Å². The Morgan fingerprint density at radius 1 is 1.47 bits per heavy atom. The predicted molar refractivity (Wildman–Crippen MR) is 54.5 cm³/mol. The topological polar surface area (TPSA) is 81.8 Å². The van der Waals surface area contributed by atoms with Crippen LogP contribution in [0.4, 0.5) is 0 Å². The lowest BCUT2D eigenvalue weighted by Gasteiger charge is -2.10. The highest BCUT2D eigenvalue weighted by atomic mass is 16.5. The first-order valence-corrected chi connectivity index (χ1v) is 4.43. The van der Waals surface area contributed by atoms with E-state index >= 15 is 0 Å². The number of nitrogens with two attached hydrogens (primary N) is 1. The second kappa shape index (κ2) is 5.21. The third-order valence-electron chi connectivity index (χ3n) is 1.79. The Morgan fingerprint density at radius 3 is 2.73 bits per heavy atom. The summed E-state index contributed by atoms with van der Waals surface area (Å²) in [6.45, 7) is 0.680. The first kappa shape index (κ1) is 11.3. The number of hydrogen-bond acceptors (Lipinski definition) is 4. The summed E-state index contributed by atoms with van der Waals surface area (Å²) >= 11 is 0. The Hall–Kier alpha value is -1.75. The Balaban J connectivity index is 2.96. The SMILES string of the molecule is COc1ccc(C(=O)O)cc1OCCN. The van der Waals surface area contributed by atoms with Crippen LogP contribution in [-0.4, -0.2) is 31.3 Å². The van der Waals surface area contributed by atoms with Crippen molar-refractivity contribution in [3.05, 3.63) is 23.8 Å². The summed E-state index contributed by atoms with van der Waals surface area (Å²) in [5, 5.41) is 8.78. The molecule has 15 heavy (non-hydrogen) atoms. The van der Waals surface area contributed by atoms with Gasteiger partial charge in [0.1, 0.15) is 6.61 Å². The summed E-state index contributed by atoms with van der Waals surface area (Å²) in [5.41, 5.74) is 5.44. The molecular formula is C10H13NO4. The number of benzene rings is 1. The van der Waals surface area contributed by atoms with Gasteiger partial charge < -0.3 is 20.3 Å². The molecule has 0 unspecified atom stereocenters. The van der Waals surface area contributed by atoms with Gasteiger partial charge in [-0.05, 0) is 18.2 Å². The molecule has 3 N–H and O–H groups in total. The molecule has 1 aromatic carbocycles. The van der Waals surface area contributed by atoms with Crippen LogP contribution >= 0.6 is 0 Å². The summed E-state index contributed by atoms with van der Waals surface area (Å²) in [5.74, 6) is -0.119. The molecular weight excluding hydrogens is 198 g/mol. The number of ether oxygens (including phenoxy) is 2. The van der Waals surface area contributed by atoms with Gasteiger partial charge in [0.05, 0.1) is 12.7 Å². The molecule has 5 nitrogen and oxygen atoms in total. The molecule has 0 aliphatic heterocycles. The fourth-order valence-electron chi connectivity index (χ4n) is 1.09. The highest BCUT2D eigenvalue weighted by molar-refractivity contribution is 5.88. The van der Waals surface area contributed by atoms with Crippen LogP contribution in [0.25, 0.3) is 0 Å². The van der Waals surface area contributed by atoms with E-state index in [2.05, 4.69) is 0 Å². The number of methoxy groups -OCH3 is 1. The lowest BCUT2D eigenvalue weighted by molar-refractivity contribution is 0.0696. The van der Waals surface area contributed by atoms with E-state index in [1.165, 1.54) is 19.2 Å². The van der Waals surface area contributed by atoms with Crippen LogP contribution in [-0.2, 0) is 0 Å². The molecule has 0 aliphatic carbocycles. The second-order valence-corrected chi connectivity index (χ2v) is 2.81. The highest BCUT2D eigenvalue weighted by Crippen LogP contribution is 2.27. The minimum atomic E-state index is -1.00. The molecule has 0 saturated carbocycles. The van der Waals surface area contributed by atoms with E-state index in [1.807, 2.05) is 0 Å². The van der Waals surface area contributed by atoms with Gasteiger partial charge in [-0.3, -0.25) is 0 Å². The van der Waals surface area contributed by atoms with Gasteiger partial charge in [0.2, 0.25) is 0 Å². The molecule has 0 fully saturated rings. The lowest BCUT2D eigenvalue weighted by atomic mass is 10.2. The van der Waals surface area contributed by atoms with Crippen molar-refractivity contribution in [3.8, 4) is 11.5 Å². The number of hydrogen-bond donors (Lipinski definition) is 2. The largest absolute Gasteiger partial charge is 0.493 e. The molecule has 0 saturated heterocycles. The van der Waals surface area contributed by atoms with Crippen molar-refractivity contribution in [2.45, 2.75) is 0 Å². The average molecular weight is 211 g/mol. The number of carboxylic acids is 1. The fourth-order valence-corrected chi connectivity index (χ4v) is 1.09. The molecule has 0 aromatic heterocycles. The van der Waals surface area contributed by atoms with Crippen molar-refractivity contribution in [1.82, 2.24) is 0 Å². The van der Waals surface area contributed by atoms with E-state index in [0.717, 1.165) is 0 Å². The summed E-state index contributed by atoms with van der Waals surface area (Å²) in [6.07, 6.45) is 0. The Morgan fingerprint density at radius 2 is 2.20 bits per heavy atom. The Labute approximate surface area is 87.4 Å². The van der Waals surface area contributed by atoms with Gasteiger partial charge in [-0.25, -0.2) is 4.79 Å². The molecule has 1 aromatic rings. The normalized spacial score (nSPS) is 9.73. The van der Waals surface area contributed by atoms with E-state index in [4.69, 9.17) is 20.3 Å². The minimum absolute atomic E-state index is 0.155. The van der Waals surface area contributed by atoms with E-state index < -0.39 is 5.97 Å². The fraction of sp³-hybridized carbons (Fsp3) is 0.300. The van der Waals surface area contributed by atoms with Crippen LogP contribution in [0.2, 0.25) is 0 Å². The molecule has 0 amide bonds. The highest BCUT2D eigenvalue weighted by Gasteiger charge is 2.09. The standard InChI is InChI=1S/C10H13NO4/c1-14-8-3-2-7(10(12)13)6-9(8)15-5-4-11/h2-3,6H,4-5,11H2,1H3,(H,12,13). The van der Waals surface area contributed by atoms with Crippen molar-refractivity contribution in [3.63, 3.8) is 0 Å². The summed E-state index contributed by atoms with van der Waals surface area (Å²) in [7, 11) is 1.49. The lowest BCUT2D eigenvalue weighted by Crippen LogP contribution is -2.11. The predicted octanol–water partition coefficient (Wildman–Crippen LogP) is 0.731. The third kappa shape index (κ3) is 2.85. The zero-order chi connectivity index (χ0) is 11.3. The maximum atomic E-state index is 10.7. The van der Waals surface area contributed by atoms with Crippen LogP contribution in [0.3, 0.4) is 0 Å². The van der Waals surface area contributed by atoms with Crippen LogP contribution < -0.4 is 15.2 Å². The molecule has 82 valence electrons. The van der Waals surface area contributed by atoms with Gasteiger partial charge >= 0.3 is 5.97 Å². The van der Waals surface area contributed by atoms with Crippen LogP contribution in [0.15, 0.2) is 18.2 Å². The molecule has 0 heterocycles. The third-order valence-corrected chi connectivity index (χ3v) is 1.79. The maximum absolute atomic E-state index is 10.7. The number of rotatable bonds is 5. The van der Waals surface area contributed by atoms with Gasteiger partial charge in [-0.1, -0.05) is 0 Å². The maximum Gasteiger partial charge on any atom is 0.335 e. The molecule has 1 rings (SSSR count). The quantitative estimate of drug-likeness (QED) is 0.750. The van der Waals surface area contributed by atoms with E-state index in [9.17, 15) is 4.79 Å². The Kier molecular flexibility index (Phi) is 3.93. The van der Waals surface area contributed by atoms with E-state index in [-0.39, 0.29) is 5.56 Å². The van der Waals surface area contributed by atoms with Crippen LogP contribution in [0, 0.1) is 0 Å². The van der Waals surface area contributed by atoms with Crippen molar-refractivity contribution >= 4 is 5.97 Å². The number of aromatic carboxylic acids is 1. The zero-order valence-electron chi connectivity index (χ0n) is 8.40. The molecule has 0 radical (unpaired) electrons. The zero-order valence-corrected chi connectivity index (χ0v) is 8.40. The van der Waals surface area contributed by atoms with Gasteiger partial charge in [-0.2, -0.15) is 0 Å². The van der Waals surface area contributed by atoms with Crippen LogP contribution in [0.1, 0.15) is 10.4 Å². The monoisotopic (exact) mass is 211 g/mol. The van der Waals surface area contributed by atoms with Crippen molar-refractivity contribution in [1.29, 1.82) is 0 Å². The first-order valence-electron chi connectivity index (χ1n) is 4.43. The first-order chi connectivity index (χ1) is 7.19.